The van der Waals surface area contributed by atoms with Gasteiger partial charge in [-0.3, -0.25) is 4.79 Å². The van der Waals surface area contributed by atoms with Crippen LogP contribution < -0.4 is 5.32 Å². The molecule has 1 heterocycles. The van der Waals surface area contributed by atoms with Crippen LogP contribution in [0.25, 0.3) is 0 Å². The van der Waals surface area contributed by atoms with Gasteiger partial charge in [-0.2, -0.15) is 0 Å². The lowest BCUT2D eigenvalue weighted by molar-refractivity contribution is -0.142. The molecule has 1 aliphatic rings. The fourth-order valence-electron chi connectivity index (χ4n) is 1.61. The summed E-state index contributed by atoms with van der Waals surface area (Å²) in [5.41, 5.74) is 0. The molecule has 17 heavy (non-hydrogen) atoms. The molecule has 2 N–H and O–H groups in total. The van der Waals surface area contributed by atoms with Crippen LogP contribution in [0.3, 0.4) is 0 Å². The number of likely N-dealkylation sites (N-methyl/N-ethyl adjacent to an activating group) is 1. The van der Waals surface area contributed by atoms with Crippen LogP contribution in [0.15, 0.2) is 11.1 Å². The molecule has 2 unspecified atom stereocenters. The first kappa shape index (κ1) is 14.0. The number of halogens is 1. The van der Waals surface area contributed by atoms with Crippen molar-refractivity contribution in [2.45, 2.75) is 6.04 Å². The molecule has 2 atom stereocenters. The highest BCUT2D eigenvalue weighted by Gasteiger charge is 2.38. The van der Waals surface area contributed by atoms with Crippen LogP contribution >= 0.6 is 15.9 Å². The number of amides is 2. The molecule has 0 bridgehead atoms. The Balaban J connectivity index is 2.56. The van der Waals surface area contributed by atoms with Crippen LogP contribution in [0.2, 0.25) is 0 Å². The van der Waals surface area contributed by atoms with E-state index < -0.39 is 17.9 Å². The first-order valence-corrected chi connectivity index (χ1v) is 5.87. The molecule has 7 heteroatoms. The highest BCUT2D eigenvalue weighted by atomic mass is 79.9. The number of carboxylic acid groups (broad SMARTS) is 1. The number of ether oxygens (including phenoxy) is 1. The third kappa shape index (κ3) is 3.71. The van der Waals surface area contributed by atoms with E-state index in [0.29, 0.717) is 11.0 Å². The molecule has 0 radical (unpaired) electrons. The fraction of sp³-hybridized carbons (Fsp3) is 0.600. The predicted octanol–water partition coefficient (Wildman–Crippen LogP) is 0.636. The summed E-state index contributed by atoms with van der Waals surface area (Å²) >= 11 is 3.12. The lowest BCUT2D eigenvalue weighted by atomic mass is 10.0. The minimum absolute atomic E-state index is 0.142. The average molecular weight is 307 g/mol. The predicted molar refractivity (Wildman–Crippen MR) is 65.0 cm³/mol. The molecule has 0 aromatic carbocycles. The summed E-state index contributed by atoms with van der Waals surface area (Å²) in [6, 6.07) is -0.775. The summed E-state index contributed by atoms with van der Waals surface area (Å²) < 4.78 is 5.75. The van der Waals surface area contributed by atoms with Gasteiger partial charge in [0.05, 0.1) is 25.8 Å². The Labute approximate surface area is 108 Å². The highest BCUT2D eigenvalue weighted by molar-refractivity contribution is 9.11. The molecule has 0 aromatic heterocycles. The number of hydrogen-bond donors (Lipinski definition) is 2. The van der Waals surface area contributed by atoms with E-state index in [1.807, 2.05) is 0 Å². The maximum atomic E-state index is 11.7. The van der Waals surface area contributed by atoms with Gasteiger partial charge in [-0.15, -0.1) is 0 Å². The number of carbonyl (C=O) groups excluding carboxylic acids is 1. The van der Waals surface area contributed by atoms with Crippen LogP contribution in [-0.4, -0.2) is 54.9 Å². The third-order valence-corrected chi connectivity index (χ3v) is 2.90. The maximum absolute atomic E-state index is 11.7. The van der Waals surface area contributed by atoms with Gasteiger partial charge in [-0.05, 0) is 0 Å². The van der Waals surface area contributed by atoms with Crippen molar-refractivity contribution in [2.75, 3.05) is 26.8 Å². The van der Waals surface area contributed by atoms with Crippen molar-refractivity contribution in [1.82, 2.24) is 10.2 Å². The lowest BCUT2D eigenvalue weighted by Crippen LogP contribution is -2.48. The monoisotopic (exact) mass is 306 g/mol. The van der Waals surface area contributed by atoms with E-state index in [1.165, 1.54) is 4.90 Å². The van der Waals surface area contributed by atoms with E-state index in [-0.39, 0.29) is 19.2 Å². The van der Waals surface area contributed by atoms with Crippen molar-refractivity contribution >= 4 is 27.9 Å². The number of carbonyl (C=O) groups is 2. The molecular formula is C10H15BrN2O4. The molecule has 2 amide bonds. The Bertz CT molecular complexity index is 334. The van der Waals surface area contributed by atoms with Crippen LogP contribution in [-0.2, 0) is 9.53 Å². The second kappa shape index (κ2) is 6.02. The van der Waals surface area contributed by atoms with Crippen LogP contribution in [0, 0.1) is 5.92 Å². The first-order chi connectivity index (χ1) is 7.93. The summed E-state index contributed by atoms with van der Waals surface area (Å²) in [5, 5.41) is 11.6. The Morgan fingerprint density at radius 3 is 2.76 bits per heavy atom. The van der Waals surface area contributed by atoms with Gasteiger partial charge in [0.2, 0.25) is 0 Å². The normalized spacial score (nSPS) is 23.2. The Morgan fingerprint density at radius 2 is 2.24 bits per heavy atom. The molecule has 0 saturated carbocycles. The summed E-state index contributed by atoms with van der Waals surface area (Å²) in [4.78, 5) is 24.0. The molecule has 96 valence electrons. The van der Waals surface area contributed by atoms with Crippen molar-refractivity contribution in [3.05, 3.63) is 11.1 Å². The Morgan fingerprint density at radius 1 is 1.59 bits per heavy atom. The zero-order valence-corrected chi connectivity index (χ0v) is 11.1. The highest BCUT2D eigenvalue weighted by Crippen LogP contribution is 2.19. The number of rotatable bonds is 4. The quantitative estimate of drug-likeness (QED) is 0.799. The zero-order chi connectivity index (χ0) is 13.0. The minimum atomic E-state index is -0.947. The average Bonchev–Trinajstić information content (AvgIpc) is 2.73. The summed E-state index contributed by atoms with van der Waals surface area (Å²) in [7, 11) is 1.56. The van der Waals surface area contributed by atoms with Crippen molar-refractivity contribution in [2.24, 2.45) is 5.92 Å². The number of urea groups is 1. The third-order valence-electron chi connectivity index (χ3n) is 2.62. The zero-order valence-electron chi connectivity index (χ0n) is 9.48. The van der Waals surface area contributed by atoms with Gasteiger partial charge in [0.1, 0.15) is 5.92 Å². The van der Waals surface area contributed by atoms with E-state index in [1.54, 1.807) is 7.05 Å². The number of nitrogens with one attached hydrogen (secondary N) is 1. The lowest BCUT2D eigenvalue weighted by Gasteiger charge is -2.26. The Kier molecular flexibility index (Phi) is 4.95. The molecular weight excluding hydrogens is 292 g/mol. The summed E-state index contributed by atoms with van der Waals surface area (Å²) in [6.45, 7) is 4.28. The van der Waals surface area contributed by atoms with Gasteiger partial charge in [-0.1, -0.05) is 22.5 Å². The van der Waals surface area contributed by atoms with Gasteiger partial charge < -0.3 is 20.1 Å². The van der Waals surface area contributed by atoms with Gasteiger partial charge in [0.15, 0.2) is 0 Å². The van der Waals surface area contributed by atoms with E-state index in [2.05, 4.69) is 27.8 Å². The molecule has 6 nitrogen and oxygen atoms in total. The molecule has 1 aliphatic heterocycles. The first-order valence-electron chi connectivity index (χ1n) is 5.08. The van der Waals surface area contributed by atoms with Gasteiger partial charge in [0.25, 0.3) is 0 Å². The second-order valence-corrected chi connectivity index (χ2v) is 4.96. The topological polar surface area (TPSA) is 78.9 Å². The van der Waals surface area contributed by atoms with Crippen molar-refractivity contribution in [3.8, 4) is 0 Å². The largest absolute Gasteiger partial charge is 0.481 e. The molecule has 0 aromatic rings. The summed E-state index contributed by atoms with van der Waals surface area (Å²) in [6.07, 6.45) is 0. The minimum Gasteiger partial charge on any atom is -0.481 e. The number of aliphatic carboxylic acids is 1. The fourth-order valence-corrected chi connectivity index (χ4v) is 1.75. The van der Waals surface area contributed by atoms with Crippen molar-refractivity contribution in [1.29, 1.82) is 0 Å². The number of carboxylic acids is 1. The van der Waals surface area contributed by atoms with Crippen LogP contribution in [0.1, 0.15) is 0 Å². The van der Waals surface area contributed by atoms with Crippen LogP contribution in [0.4, 0.5) is 4.79 Å². The number of hydrogen-bond acceptors (Lipinski definition) is 3. The SMILES string of the molecule is C=C(Br)CNC(=O)N(C)C1COCC1C(=O)O. The van der Waals surface area contributed by atoms with E-state index >= 15 is 0 Å². The molecule has 0 spiro atoms. The molecule has 1 fully saturated rings. The molecule has 1 saturated heterocycles. The van der Waals surface area contributed by atoms with Crippen molar-refractivity contribution < 1.29 is 19.4 Å². The maximum Gasteiger partial charge on any atom is 0.317 e. The van der Waals surface area contributed by atoms with Crippen molar-refractivity contribution in [3.63, 3.8) is 0 Å². The smallest absolute Gasteiger partial charge is 0.317 e. The van der Waals surface area contributed by atoms with E-state index in [4.69, 9.17) is 9.84 Å². The van der Waals surface area contributed by atoms with E-state index in [9.17, 15) is 9.59 Å². The Hall–Kier alpha value is -1.08. The summed E-state index contributed by atoms with van der Waals surface area (Å²) in [5.74, 6) is -1.62. The van der Waals surface area contributed by atoms with E-state index in [0.717, 1.165) is 0 Å². The van der Waals surface area contributed by atoms with Crippen LogP contribution in [0.5, 0.6) is 0 Å². The molecule has 0 aliphatic carbocycles. The van der Waals surface area contributed by atoms with Gasteiger partial charge in [-0.25, -0.2) is 4.79 Å². The molecule has 1 rings (SSSR count). The standard InChI is InChI=1S/C10H15BrN2O4/c1-6(11)3-12-10(16)13(2)8-5-17-4-7(8)9(14)15/h7-8H,1,3-5H2,2H3,(H,12,16)(H,14,15). The van der Waals surface area contributed by atoms with Gasteiger partial charge >= 0.3 is 12.0 Å². The second-order valence-electron chi connectivity index (χ2n) is 3.84. The van der Waals surface area contributed by atoms with Gasteiger partial charge in [0, 0.05) is 11.5 Å². The number of nitrogens with zero attached hydrogens (tertiary/aromatic N) is 1.